The molecule has 7 heteroatoms. The van der Waals surface area contributed by atoms with Crippen LogP contribution in [0.2, 0.25) is 0 Å². The highest BCUT2D eigenvalue weighted by molar-refractivity contribution is 7.46. The molecule has 14 heavy (non-hydrogen) atoms. The summed E-state index contributed by atoms with van der Waals surface area (Å²) in [6.45, 7) is 2.14. The van der Waals surface area contributed by atoms with E-state index in [0.29, 0.717) is 19.4 Å². The highest BCUT2D eigenvalue weighted by Crippen LogP contribution is 2.35. The standard InChI is InChI=1S/C7H16NO5P/c1-3-7(9)8(2)5-4-6-13-14(10,11)12/h3-6H2,1-2H3,(H2,10,11,12). The van der Waals surface area contributed by atoms with Crippen molar-refractivity contribution in [3.63, 3.8) is 0 Å². The van der Waals surface area contributed by atoms with Crippen molar-refractivity contribution in [2.45, 2.75) is 19.8 Å². The average Bonchev–Trinajstić information content (AvgIpc) is 2.09. The molecule has 0 saturated heterocycles. The molecule has 0 spiro atoms. The van der Waals surface area contributed by atoms with Crippen molar-refractivity contribution in [1.82, 2.24) is 4.90 Å². The molecule has 0 fully saturated rings. The Bertz CT molecular complexity index is 226. The molecule has 2 N–H and O–H groups in total. The Morgan fingerprint density at radius 3 is 2.50 bits per heavy atom. The van der Waals surface area contributed by atoms with Crippen LogP contribution in [-0.4, -0.2) is 40.8 Å². The molecule has 0 aromatic heterocycles. The normalized spacial score (nSPS) is 11.4. The molecule has 6 nitrogen and oxygen atoms in total. The summed E-state index contributed by atoms with van der Waals surface area (Å²) in [5.41, 5.74) is 0. The van der Waals surface area contributed by atoms with Crippen molar-refractivity contribution in [2.75, 3.05) is 20.2 Å². The second-order valence-corrected chi connectivity index (χ2v) is 4.09. The van der Waals surface area contributed by atoms with Crippen LogP contribution in [-0.2, 0) is 13.9 Å². The second-order valence-electron chi connectivity index (χ2n) is 2.85. The molecule has 0 atom stereocenters. The minimum atomic E-state index is -4.36. The summed E-state index contributed by atoms with van der Waals surface area (Å²) in [4.78, 5) is 29.2. The molecule has 0 saturated carbocycles. The van der Waals surface area contributed by atoms with Crippen LogP contribution in [0, 0.1) is 0 Å². The Labute approximate surface area is 83.1 Å². The fraction of sp³-hybridized carbons (Fsp3) is 0.857. The highest BCUT2D eigenvalue weighted by Gasteiger charge is 2.13. The van der Waals surface area contributed by atoms with E-state index < -0.39 is 7.82 Å². The summed E-state index contributed by atoms with van der Waals surface area (Å²) in [5.74, 6) is 0.00109. The van der Waals surface area contributed by atoms with Gasteiger partial charge in [0.2, 0.25) is 5.91 Å². The predicted octanol–water partition coefficient (Wildman–Crippen LogP) is 0.354. The van der Waals surface area contributed by atoms with Crippen molar-refractivity contribution in [3.05, 3.63) is 0 Å². The van der Waals surface area contributed by atoms with Gasteiger partial charge in [0.25, 0.3) is 0 Å². The average molecular weight is 225 g/mol. The van der Waals surface area contributed by atoms with Crippen molar-refractivity contribution < 1.29 is 23.7 Å². The van der Waals surface area contributed by atoms with Gasteiger partial charge in [0.15, 0.2) is 0 Å². The van der Waals surface area contributed by atoms with E-state index in [0.717, 1.165) is 0 Å². The molecule has 0 aliphatic carbocycles. The van der Waals surface area contributed by atoms with Gasteiger partial charge in [-0.2, -0.15) is 0 Å². The van der Waals surface area contributed by atoms with Gasteiger partial charge in [-0.25, -0.2) is 4.57 Å². The molecule has 0 radical (unpaired) electrons. The molecular formula is C7H16NO5P. The first-order chi connectivity index (χ1) is 6.37. The molecule has 0 bridgehead atoms. The van der Waals surface area contributed by atoms with Crippen LogP contribution >= 0.6 is 7.82 Å². The molecule has 84 valence electrons. The molecule has 0 aromatic carbocycles. The zero-order valence-corrected chi connectivity index (χ0v) is 9.24. The maximum Gasteiger partial charge on any atom is 0.469 e. The smallest absolute Gasteiger partial charge is 0.346 e. The molecule has 0 aliphatic heterocycles. The Kier molecular flexibility index (Phi) is 5.95. The number of nitrogens with zero attached hydrogens (tertiary/aromatic N) is 1. The number of hydrogen-bond acceptors (Lipinski definition) is 3. The number of hydrogen-bond donors (Lipinski definition) is 2. The van der Waals surface area contributed by atoms with Crippen molar-refractivity contribution in [2.24, 2.45) is 0 Å². The van der Waals surface area contributed by atoms with Crippen LogP contribution in [0.15, 0.2) is 0 Å². The summed E-state index contributed by atoms with van der Waals surface area (Å²) < 4.78 is 14.5. The number of phosphoric acid groups is 1. The van der Waals surface area contributed by atoms with E-state index in [-0.39, 0.29) is 12.5 Å². The Morgan fingerprint density at radius 1 is 1.50 bits per heavy atom. The predicted molar refractivity (Wildman–Crippen MR) is 50.5 cm³/mol. The molecule has 0 aliphatic rings. The third-order valence-electron chi connectivity index (χ3n) is 1.63. The third kappa shape index (κ3) is 7.03. The minimum absolute atomic E-state index is 0.00109. The van der Waals surface area contributed by atoms with Gasteiger partial charge in [-0.05, 0) is 6.42 Å². The van der Waals surface area contributed by atoms with Crippen molar-refractivity contribution >= 4 is 13.7 Å². The molecule has 0 aromatic rings. The fourth-order valence-corrected chi connectivity index (χ4v) is 1.25. The summed E-state index contributed by atoms with van der Waals surface area (Å²) >= 11 is 0. The van der Waals surface area contributed by atoms with E-state index in [1.54, 1.807) is 14.0 Å². The number of amides is 1. The van der Waals surface area contributed by atoms with Crippen LogP contribution in [0.3, 0.4) is 0 Å². The van der Waals surface area contributed by atoms with Crippen molar-refractivity contribution in [1.29, 1.82) is 0 Å². The molecular weight excluding hydrogens is 209 g/mol. The highest BCUT2D eigenvalue weighted by atomic mass is 31.2. The summed E-state index contributed by atoms with van der Waals surface area (Å²) in [5, 5.41) is 0. The first-order valence-corrected chi connectivity index (χ1v) is 5.84. The van der Waals surface area contributed by atoms with E-state index >= 15 is 0 Å². The van der Waals surface area contributed by atoms with Crippen LogP contribution in [0.25, 0.3) is 0 Å². The van der Waals surface area contributed by atoms with E-state index in [2.05, 4.69) is 4.52 Å². The lowest BCUT2D eigenvalue weighted by molar-refractivity contribution is -0.129. The molecule has 0 rings (SSSR count). The largest absolute Gasteiger partial charge is 0.469 e. The zero-order chi connectivity index (χ0) is 11.2. The number of carbonyl (C=O) groups excluding carboxylic acids is 1. The number of rotatable bonds is 6. The van der Waals surface area contributed by atoms with E-state index in [4.69, 9.17) is 9.79 Å². The van der Waals surface area contributed by atoms with Gasteiger partial charge in [-0.1, -0.05) is 6.92 Å². The Hall–Kier alpha value is -0.420. The minimum Gasteiger partial charge on any atom is -0.346 e. The molecule has 1 amide bonds. The van der Waals surface area contributed by atoms with Gasteiger partial charge in [-0.15, -0.1) is 0 Å². The summed E-state index contributed by atoms with van der Waals surface area (Å²) in [6.07, 6.45) is 0.837. The van der Waals surface area contributed by atoms with E-state index in [9.17, 15) is 9.36 Å². The SMILES string of the molecule is CCC(=O)N(C)CCCOP(=O)(O)O. The van der Waals surface area contributed by atoms with Crippen molar-refractivity contribution in [3.8, 4) is 0 Å². The number of carbonyl (C=O) groups is 1. The maximum atomic E-state index is 11.0. The zero-order valence-electron chi connectivity index (χ0n) is 8.34. The van der Waals surface area contributed by atoms with Gasteiger partial charge in [-0.3, -0.25) is 9.32 Å². The van der Waals surface area contributed by atoms with Crippen LogP contribution in [0.1, 0.15) is 19.8 Å². The quantitative estimate of drug-likeness (QED) is 0.503. The van der Waals surface area contributed by atoms with Gasteiger partial charge in [0, 0.05) is 20.0 Å². The fourth-order valence-electron chi connectivity index (χ4n) is 0.880. The lowest BCUT2D eigenvalue weighted by Crippen LogP contribution is -2.27. The first kappa shape index (κ1) is 13.6. The Balaban J connectivity index is 3.55. The first-order valence-electron chi connectivity index (χ1n) is 4.31. The van der Waals surface area contributed by atoms with Gasteiger partial charge < -0.3 is 14.7 Å². The number of phosphoric ester groups is 1. The monoisotopic (exact) mass is 225 g/mol. The lowest BCUT2D eigenvalue weighted by Gasteiger charge is -2.15. The van der Waals surface area contributed by atoms with Gasteiger partial charge in [0.05, 0.1) is 6.61 Å². The Morgan fingerprint density at radius 2 is 2.07 bits per heavy atom. The molecule has 0 heterocycles. The lowest BCUT2D eigenvalue weighted by atomic mass is 10.3. The van der Waals surface area contributed by atoms with Gasteiger partial charge >= 0.3 is 7.82 Å². The van der Waals surface area contributed by atoms with Gasteiger partial charge in [0.1, 0.15) is 0 Å². The van der Waals surface area contributed by atoms with E-state index in [1.165, 1.54) is 4.90 Å². The maximum absolute atomic E-state index is 11.0. The molecule has 0 unspecified atom stereocenters. The van der Waals surface area contributed by atoms with Crippen LogP contribution < -0.4 is 0 Å². The third-order valence-corrected chi connectivity index (χ3v) is 2.14. The summed E-state index contributed by atoms with van der Waals surface area (Å²) in [6, 6.07) is 0. The second kappa shape index (κ2) is 6.14. The topological polar surface area (TPSA) is 87.1 Å². The summed E-state index contributed by atoms with van der Waals surface area (Å²) in [7, 11) is -2.72. The van der Waals surface area contributed by atoms with E-state index in [1.807, 2.05) is 0 Å². The van der Waals surface area contributed by atoms with Crippen LogP contribution in [0.5, 0.6) is 0 Å². The van der Waals surface area contributed by atoms with Crippen LogP contribution in [0.4, 0.5) is 0 Å².